The van der Waals surface area contributed by atoms with E-state index in [0.29, 0.717) is 21.8 Å². The lowest BCUT2D eigenvalue weighted by Gasteiger charge is -2.06. The van der Waals surface area contributed by atoms with Crippen LogP contribution in [0.25, 0.3) is 11.0 Å². The van der Waals surface area contributed by atoms with Gasteiger partial charge in [-0.3, -0.25) is 4.79 Å². The van der Waals surface area contributed by atoms with Crippen molar-refractivity contribution in [2.45, 2.75) is 6.92 Å². The quantitative estimate of drug-likeness (QED) is 0.781. The molecular weight excluding hydrogens is 294 g/mol. The molecule has 100 valence electrons. The van der Waals surface area contributed by atoms with E-state index in [0.717, 1.165) is 22.8 Å². The number of nitrogens with zero attached hydrogens (tertiary/aromatic N) is 2. The molecule has 20 heavy (non-hydrogen) atoms. The molecule has 6 heteroatoms. The van der Waals surface area contributed by atoms with Gasteiger partial charge >= 0.3 is 0 Å². The number of aromatic nitrogens is 2. The molecule has 0 spiro atoms. The van der Waals surface area contributed by atoms with Crippen LogP contribution >= 0.6 is 23.3 Å². The number of hydrogen-bond acceptors (Lipinski definition) is 4. The summed E-state index contributed by atoms with van der Waals surface area (Å²) < 4.78 is 8.33. The van der Waals surface area contributed by atoms with Gasteiger partial charge < -0.3 is 5.32 Å². The Morgan fingerprint density at radius 1 is 1.25 bits per heavy atom. The molecular formula is C14H10ClN3OS. The van der Waals surface area contributed by atoms with Crippen LogP contribution in [0.4, 0.5) is 5.69 Å². The Kier molecular flexibility index (Phi) is 3.38. The summed E-state index contributed by atoms with van der Waals surface area (Å²) in [4.78, 5) is 12.2. The molecule has 2 aromatic carbocycles. The summed E-state index contributed by atoms with van der Waals surface area (Å²) in [6.45, 7) is 1.89. The maximum absolute atomic E-state index is 12.2. The normalized spacial score (nSPS) is 10.7. The number of nitrogens with one attached hydrogen (secondary N) is 1. The first-order valence-corrected chi connectivity index (χ1v) is 7.05. The number of hydrogen-bond donors (Lipinski definition) is 1. The fourth-order valence-corrected chi connectivity index (χ4v) is 2.57. The van der Waals surface area contributed by atoms with Crippen molar-refractivity contribution >= 4 is 46.0 Å². The predicted octanol–water partition coefficient (Wildman–Crippen LogP) is 3.91. The Hall–Kier alpha value is -1.98. The summed E-state index contributed by atoms with van der Waals surface area (Å²) in [5, 5.41) is 3.42. The van der Waals surface area contributed by atoms with Crippen molar-refractivity contribution in [2.75, 3.05) is 5.32 Å². The maximum Gasteiger partial charge on any atom is 0.255 e. The number of halogens is 1. The third kappa shape index (κ3) is 2.37. The van der Waals surface area contributed by atoms with E-state index in [1.807, 2.05) is 25.1 Å². The largest absolute Gasteiger partial charge is 0.320 e. The highest BCUT2D eigenvalue weighted by molar-refractivity contribution is 7.00. The predicted molar refractivity (Wildman–Crippen MR) is 81.6 cm³/mol. The summed E-state index contributed by atoms with van der Waals surface area (Å²) in [5.41, 5.74) is 3.58. The average Bonchev–Trinajstić information content (AvgIpc) is 2.91. The molecule has 1 heterocycles. The second-order valence-corrected chi connectivity index (χ2v) is 5.29. The Labute approximate surface area is 124 Å². The van der Waals surface area contributed by atoms with E-state index in [1.165, 1.54) is 0 Å². The monoisotopic (exact) mass is 303 g/mol. The van der Waals surface area contributed by atoms with Gasteiger partial charge in [0.25, 0.3) is 5.91 Å². The van der Waals surface area contributed by atoms with Crippen LogP contribution < -0.4 is 5.32 Å². The smallest absolute Gasteiger partial charge is 0.255 e. The molecule has 0 radical (unpaired) electrons. The van der Waals surface area contributed by atoms with Crippen LogP contribution in [0, 0.1) is 6.92 Å². The standard InChI is InChI=1S/C14H10ClN3OS/c1-8-5-6-9(7-10(8)15)14(19)16-11-3-2-4-12-13(11)18-20-17-12/h2-7H,1H3,(H,16,19). The van der Waals surface area contributed by atoms with E-state index in [9.17, 15) is 4.79 Å². The van der Waals surface area contributed by atoms with Crippen molar-refractivity contribution < 1.29 is 4.79 Å². The molecule has 0 unspecified atom stereocenters. The maximum atomic E-state index is 12.2. The van der Waals surface area contributed by atoms with Crippen molar-refractivity contribution in [3.05, 3.63) is 52.5 Å². The number of carbonyl (C=O) groups is 1. The van der Waals surface area contributed by atoms with Crippen molar-refractivity contribution in [3.63, 3.8) is 0 Å². The minimum absolute atomic E-state index is 0.215. The molecule has 3 rings (SSSR count). The van der Waals surface area contributed by atoms with Crippen LogP contribution in [0.5, 0.6) is 0 Å². The number of carbonyl (C=O) groups excluding carboxylic acids is 1. The van der Waals surface area contributed by atoms with Gasteiger partial charge in [0, 0.05) is 10.6 Å². The molecule has 0 fully saturated rings. The number of anilines is 1. The molecule has 4 nitrogen and oxygen atoms in total. The van der Waals surface area contributed by atoms with Crippen LogP contribution in [0.2, 0.25) is 5.02 Å². The van der Waals surface area contributed by atoms with E-state index < -0.39 is 0 Å². The summed E-state index contributed by atoms with van der Waals surface area (Å²) in [5.74, 6) is -0.215. The van der Waals surface area contributed by atoms with E-state index in [2.05, 4.69) is 14.1 Å². The number of amides is 1. The van der Waals surface area contributed by atoms with E-state index in [4.69, 9.17) is 11.6 Å². The molecule has 3 aromatic rings. The van der Waals surface area contributed by atoms with Crippen LogP contribution in [-0.4, -0.2) is 14.7 Å². The molecule has 0 bridgehead atoms. The number of benzene rings is 2. The first-order chi connectivity index (χ1) is 9.65. The molecule has 0 saturated carbocycles. The zero-order valence-electron chi connectivity index (χ0n) is 10.6. The van der Waals surface area contributed by atoms with Crippen LogP contribution in [0.15, 0.2) is 36.4 Å². The Morgan fingerprint density at radius 3 is 2.90 bits per heavy atom. The number of aryl methyl sites for hydroxylation is 1. The van der Waals surface area contributed by atoms with Gasteiger partial charge in [0.1, 0.15) is 11.0 Å². The Bertz CT molecular complexity index is 800. The molecule has 1 aromatic heterocycles. The summed E-state index contributed by atoms with van der Waals surface area (Å²) in [6.07, 6.45) is 0. The minimum Gasteiger partial charge on any atom is -0.320 e. The zero-order chi connectivity index (χ0) is 14.1. The number of fused-ring (bicyclic) bond motifs is 1. The lowest BCUT2D eigenvalue weighted by molar-refractivity contribution is 0.102. The number of rotatable bonds is 2. The van der Waals surface area contributed by atoms with Crippen molar-refractivity contribution in [2.24, 2.45) is 0 Å². The average molecular weight is 304 g/mol. The van der Waals surface area contributed by atoms with Crippen LogP contribution in [0.3, 0.4) is 0 Å². The van der Waals surface area contributed by atoms with Crippen LogP contribution in [0.1, 0.15) is 15.9 Å². The van der Waals surface area contributed by atoms with Crippen LogP contribution in [-0.2, 0) is 0 Å². The Balaban J connectivity index is 1.92. The molecule has 0 aliphatic rings. The van der Waals surface area contributed by atoms with Gasteiger partial charge in [-0.25, -0.2) is 0 Å². The van der Waals surface area contributed by atoms with Gasteiger partial charge in [0.2, 0.25) is 0 Å². The topological polar surface area (TPSA) is 54.9 Å². The molecule has 0 aliphatic carbocycles. The lowest BCUT2D eigenvalue weighted by atomic mass is 10.1. The van der Waals surface area contributed by atoms with E-state index in [-0.39, 0.29) is 5.91 Å². The second-order valence-electron chi connectivity index (χ2n) is 4.36. The highest BCUT2D eigenvalue weighted by atomic mass is 35.5. The SMILES string of the molecule is Cc1ccc(C(=O)Nc2cccc3nsnc23)cc1Cl. The first-order valence-electron chi connectivity index (χ1n) is 5.94. The highest BCUT2D eigenvalue weighted by Gasteiger charge is 2.11. The summed E-state index contributed by atoms with van der Waals surface area (Å²) >= 11 is 7.16. The fraction of sp³-hybridized carbons (Fsp3) is 0.0714. The van der Waals surface area contributed by atoms with Gasteiger partial charge in [-0.2, -0.15) is 8.75 Å². The van der Waals surface area contributed by atoms with Crippen molar-refractivity contribution in [3.8, 4) is 0 Å². The minimum atomic E-state index is -0.215. The molecule has 0 atom stereocenters. The van der Waals surface area contributed by atoms with Gasteiger partial charge in [-0.05, 0) is 36.8 Å². The molecule has 1 amide bonds. The lowest BCUT2D eigenvalue weighted by Crippen LogP contribution is -2.12. The van der Waals surface area contributed by atoms with Gasteiger partial charge in [-0.15, -0.1) is 0 Å². The second kappa shape index (κ2) is 5.19. The third-order valence-electron chi connectivity index (χ3n) is 2.97. The van der Waals surface area contributed by atoms with Gasteiger partial charge in [0.15, 0.2) is 0 Å². The van der Waals surface area contributed by atoms with E-state index in [1.54, 1.807) is 18.2 Å². The molecule has 0 aliphatic heterocycles. The third-order valence-corrected chi connectivity index (χ3v) is 3.92. The zero-order valence-corrected chi connectivity index (χ0v) is 12.1. The fourth-order valence-electron chi connectivity index (χ4n) is 1.84. The molecule has 1 N–H and O–H groups in total. The van der Waals surface area contributed by atoms with Crippen molar-refractivity contribution in [1.29, 1.82) is 0 Å². The van der Waals surface area contributed by atoms with Gasteiger partial charge in [-0.1, -0.05) is 23.7 Å². The van der Waals surface area contributed by atoms with Gasteiger partial charge in [0.05, 0.1) is 17.4 Å². The van der Waals surface area contributed by atoms with E-state index >= 15 is 0 Å². The summed E-state index contributed by atoms with van der Waals surface area (Å²) in [7, 11) is 0. The Morgan fingerprint density at radius 2 is 2.10 bits per heavy atom. The van der Waals surface area contributed by atoms with Crippen molar-refractivity contribution in [1.82, 2.24) is 8.75 Å². The molecule has 0 saturated heterocycles. The highest BCUT2D eigenvalue weighted by Crippen LogP contribution is 2.23. The summed E-state index contributed by atoms with van der Waals surface area (Å²) in [6, 6.07) is 10.7. The first kappa shape index (κ1) is 13.0.